The molecule has 0 aliphatic rings. The number of aromatic amines is 2. The molecule has 0 fully saturated rings. The average Bonchev–Trinajstić information content (AvgIpc) is 3.46. The first-order valence-corrected chi connectivity index (χ1v) is 11.2. The van der Waals surface area contributed by atoms with E-state index in [4.69, 9.17) is 11.6 Å². The van der Waals surface area contributed by atoms with Crippen molar-refractivity contribution in [2.75, 3.05) is 0 Å². The van der Waals surface area contributed by atoms with Gasteiger partial charge in [-0.25, -0.2) is 10.1 Å². The third-order valence-electron chi connectivity index (χ3n) is 5.52. The fraction of sp³-hybridized carbons (Fsp3) is 0.250. The van der Waals surface area contributed by atoms with Gasteiger partial charge in [0.25, 0.3) is 5.56 Å². The lowest BCUT2D eigenvalue weighted by Crippen LogP contribution is -2.18. The molecule has 3 heterocycles. The quantitative estimate of drug-likeness (QED) is 0.393. The van der Waals surface area contributed by atoms with Crippen LogP contribution in [0.25, 0.3) is 33.5 Å². The highest BCUT2D eigenvalue weighted by Crippen LogP contribution is 2.30. The van der Waals surface area contributed by atoms with Crippen molar-refractivity contribution < 1.29 is 0 Å². The van der Waals surface area contributed by atoms with Crippen LogP contribution in [-0.4, -0.2) is 40.4 Å². The molecule has 0 aliphatic heterocycles. The predicted molar refractivity (Wildman–Crippen MR) is 130 cm³/mol. The van der Waals surface area contributed by atoms with E-state index in [2.05, 4.69) is 68.7 Å². The molecule has 0 unspecified atom stereocenters. The number of halogens is 1. The summed E-state index contributed by atoms with van der Waals surface area (Å²) in [4.78, 5) is 17.3. The van der Waals surface area contributed by atoms with Crippen molar-refractivity contribution in [3.8, 4) is 22.5 Å². The zero-order chi connectivity index (χ0) is 23.9. The van der Waals surface area contributed by atoms with Crippen molar-refractivity contribution in [3.63, 3.8) is 0 Å². The lowest BCUT2D eigenvalue weighted by Gasteiger charge is -2.19. The summed E-state index contributed by atoms with van der Waals surface area (Å²) in [6.45, 7) is 6.89. The van der Waals surface area contributed by atoms with Gasteiger partial charge in [-0.3, -0.25) is 4.79 Å². The summed E-state index contributed by atoms with van der Waals surface area (Å²) >= 11 is 6.26. The maximum absolute atomic E-state index is 12.7. The summed E-state index contributed by atoms with van der Waals surface area (Å²) < 4.78 is 1.94. The molecule has 0 bridgehead atoms. The molecule has 2 aromatic carbocycles. The second-order valence-corrected chi connectivity index (χ2v) is 9.73. The molecule has 0 atom stereocenters. The van der Waals surface area contributed by atoms with Crippen LogP contribution in [0.15, 0.2) is 53.3 Å². The molecule has 0 spiro atoms. The topological polar surface area (TPSA) is 118 Å². The number of fused-ring (bicyclic) bond motifs is 1. The van der Waals surface area contributed by atoms with Crippen LogP contribution in [0.5, 0.6) is 0 Å². The Morgan fingerprint density at radius 3 is 2.41 bits per heavy atom. The summed E-state index contributed by atoms with van der Waals surface area (Å²) in [6.07, 6.45) is 0.688. The zero-order valence-corrected chi connectivity index (χ0v) is 19.8. The van der Waals surface area contributed by atoms with Gasteiger partial charge in [-0.1, -0.05) is 80.9 Å². The van der Waals surface area contributed by atoms with E-state index in [-0.39, 0.29) is 16.1 Å². The first-order valence-electron chi connectivity index (χ1n) is 10.9. The Labute approximate surface area is 200 Å². The highest BCUT2D eigenvalue weighted by molar-refractivity contribution is 6.33. The highest BCUT2D eigenvalue weighted by Gasteiger charge is 2.22. The Balaban J connectivity index is 1.53. The van der Waals surface area contributed by atoms with Gasteiger partial charge >= 0.3 is 0 Å². The summed E-state index contributed by atoms with van der Waals surface area (Å²) in [7, 11) is 0. The molecular weight excluding hydrogens is 452 g/mol. The van der Waals surface area contributed by atoms with Gasteiger partial charge in [0.15, 0.2) is 5.15 Å². The monoisotopic (exact) mass is 474 g/mol. The molecule has 172 valence electrons. The second kappa shape index (κ2) is 8.49. The minimum atomic E-state index is -0.308. The third kappa shape index (κ3) is 4.22. The summed E-state index contributed by atoms with van der Waals surface area (Å²) in [5.41, 5.74) is 4.49. The molecule has 0 saturated heterocycles. The molecule has 2 N–H and O–H groups in total. The molecule has 10 heteroatoms. The van der Waals surface area contributed by atoms with Crippen LogP contribution in [0.1, 0.15) is 32.2 Å². The number of rotatable bonds is 5. The van der Waals surface area contributed by atoms with Gasteiger partial charge in [-0.05, 0) is 27.3 Å². The van der Waals surface area contributed by atoms with E-state index < -0.39 is 0 Å². The fourth-order valence-corrected chi connectivity index (χ4v) is 4.21. The van der Waals surface area contributed by atoms with Crippen molar-refractivity contribution in [1.29, 1.82) is 0 Å². The maximum Gasteiger partial charge on any atom is 0.290 e. The number of hydrogen-bond acceptors (Lipinski definition) is 6. The van der Waals surface area contributed by atoms with Crippen molar-refractivity contribution in [2.45, 2.75) is 33.7 Å². The molecule has 5 aromatic rings. The Morgan fingerprint density at radius 1 is 1.00 bits per heavy atom. The van der Waals surface area contributed by atoms with Gasteiger partial charge in [0.2, 0.25) is 5.82 Å². The summed E-state index contributed by atoms with van der Waals surface area (Å²) in [5.74, 6) is 1.34. The van der Waals surface area contributed by atoms with Crippen LogP contribution in [-0.2, 0) is 13.0 Å². The van der Waals surface area contributed by atoms with Gasteiger partial charge in [-0.15, -0.1) is 10.2 Å². The predicted octanol–water partition coefficient (Wildman–Crippen LogP) is 4.26. The minimum absolute atomic E-state index is 0.0193. The lowest BCUT2D eigenvalue weighted by molar-refractivity contribution is 0.394. The molecule has 9 nitrogen and oxygen atoms in total. The molecule has 0 radical (unpaired) electrons. The van der Waals surface area contributed by atoms with Gasteiger partial charge in [0.05, 0.1) is 0 Å². The SMILES string of the molecule is CC(C)(C)Cc1nc2c(Cl)n[nH]c(=O)c2n1Cc1ccc(-c2ccccc2-c2nn[nH]n2)cc1. The van der Waals surface area contributed by atoms with E-state index in [0.29, 0.717) is 29.8 Å². The number of imidazole rings is 1. The van der Waals surface area contributed by atoms with Crippen molar-refractivity contribution in [1.82, 2.24) is 40.4 Å². The standard InChI is InChI=1S/C24H23ClN8O/c1-24(2,3)12-18-26-19-20(23(34)30-27-21(19)25)33(18)13-14-8-10-15(11-9-14)16-6-4-5-7-17(16)22-28-31-32-29-22/h4-11H,12-13H2,1-3H3,(H,30,34)(H,28,29,31,32). The van der Waals surface area contributed by atoms with Crippen LogP contribution in [0, 0.1) is 5.41 Å². The number of nitrogens with zero attached hydrogens (tertiary/aromatic N) is 6. The van der Waals surface area contributed by atoms with Crippen LogP contribution in [0.4, 0.5) is 0 Å². The summed E-state index contributed by atoms with van der Waals surface area (Å²) in [6, 6.07) is 16.1. The largest absolute Gasteiger partial charge is 0.319 e. The fourth-order valence-electron chi connectivity index (χ4n) is 4.04. The molecule has 0 saturated carbocycles. The van der Waals surface area contributed by atoms with Crippen LogP contribution < -0.4 is 5.56 Å². The molecule has 0 aliphatic carbocycles. The minimum Gasteiger partial charge on any atom is -0.319 e. The van der Waals surface area contributed by atoms with E-state index in [1.165, 1.54) is 0 Å². The van der Waals surface area contributed by atoms with Gasteiger partial charge < -0.3 is 4.57 Å². The van der Waals surface area contributed by atoms with Crippen molar-refractivity contribution in [2.24, 2.45) is 5.41 Å². The second-order valence-electron chi connectivity index (χ2n) is 9.37. The number of hydrogen-bond donors (Lipinski definition) is 2. The zero-order valence-electron chi connectivity index (χ0n) is 19.0. The Hall–Kier alpha value is -3.85. The third-order valence-corrected chi connectivity index (χ3v) is 5.78. The Morgan fingerprint density at radius 2 is 1.74 bits per heavy atom. The average molecular weight is 475 g/mol. The number of benzene rings is 2. The molecule has 3 aromatic heterocycles. The summed E-state index contributed by atoms with van der Waals surface area (Å²) in [5, 5.41) is 21.0. The van der Waals surface area contributed by atoms with E-state index in [9.17, 15) is 4.79 Å². The van der Waals surface area contributed by atoms with E-state index in [0.717, 1.165) is 28.1 Å². The first-order chi connectivity index (χ1) is 16.3. The van der Waals surface area contributed by atoms with Crippen molar-refractivity contribution in [3.05, 3.63) is 75.4 Å². The highest BCUT2D eigenvalue weighted by atomic mass is 35.5. The lowest BCUT2D eigenvalue weighted by atomic mass is 9.92. The van der Waals surface area contributed by atoms with E-state index in [1.54, 1.807) is 0 Å². The van der Waals surface area contributed by atoms with Gasteiger partial charge in [0, 0.05) is 18.5 Å². The smallest absolute Gasteiger partial charge is 0.290 e. The Kier molecular flexibility index (Phi) is 5.49. The van der Waals surface area contributed by atoms with Crippen LogP contribution >= 0.6 is 11.6 Å². The maximum atomic E-state index is 12.7. The molecule has 0 amide bonds. The van der Waals surface area contributed by atoms with Gasteiger partial charge in [-0.2, -0.15) is 10.3 Å². The van der Waals surface area contributed by atoms with E-state index in [1.807, 2.05) is 41.0 Å². The number of nitrogens with one attached hydrogen (secondary N) is 2. The molecular formula is C24H23ClN8O. The normalized spacial score (nSPS) is 11.9. The van der Waals surface area contributed by atoms with E-state index >= 15 is 0 Å². The van der Waals surface area contributed by atoms with Gasteiger partial charge in [0.1, 0.15) is 16.9 Å². The molecule has 5 rings (SSSR count). The number of tetrazole rings is 1. The number of aromatic nitrogens is 8. The molecule has 34 heavy (non-hydrogen) atoms. The Bertz CT molecular complexity index is 1510. The van der Waals surface area contributed by atoms with Crippen LogP contribution in [0.2, 0.25) is 5.15 Å². The van der Waals surface area contributed by atoms with Crippen molar-refractivity contribution >= 4 is 22.6 Å². The number of H-pyrrole nitrogens is 2. The van der Waals surface area contributed by atoms with Crippen LogP contribution in [0.3, 0.4) is 0 Å². The first kappa shape index (κ1) is 22.0.